The first-order valence-electron chi connectivity index (χ1n) is 18.0. The molecule has 1 aliphatic rings. The monoisotopic (exact) mass is 966 g/mol. The van der Waals surface area contributed by atoms with Gasteiger partial charge in [-0.3, -0.25) is 52.7 Å². The number of benzene rings is 2. The molecule has 0 atom stereocenters. The van der Waals surface area contributed by atoms with Gasteiger partial charge in [-0.2, -0.15) is 0 Å². The van der Waals surface area contributed by atoms with Crippen LogP contribution in [-0.4, -0.2) is 175 Å². The Morgan fingerprint density at radius 1 is 0.590 bits per heavy atom. The zero-order valence-corrected chi connectivity index (χ0v) is 34.2. The number of halogens is 1. The van der Waals surface area contributed by atoms with Crippen LogP contribution in [-0.2, 0) is 48.0 Å². The molecule has 0 radical (unpaired) electrons. The van der Waals surface area contributed by atoms with Gasteiger partial charge in [0, 0.05) is 40.6 Å². The van der Waals surface area contributed by atoms with E-state index < -0.39 is 117 Å². The van der Waals surface area contributed by atoms with Gasteiger partial charge >= 0.3 is 29.8 Å². The second-order valence-corrected chi connectivity index (χ2v) is 14.3. The van der Waals surface area contributed by atoms with E-state index in [2.05, 4.69) is 5.32 Å². The number of carboxylic acids is 4. The highest BCUT2D eigenvalue weighted by Gasteiger charge is 2.34. The maximum atomic E-state index is 13.5. The van der Waals surface area contributed by atoms with Gasteiger partial charge in [0.2, 0.25) is 17.7 Å². The lowest BCUT2D eigenvalue weighted by Crippen LogP contribution is -2.52. The van der Waals surface area contributed by atoms with Crippen molar-refractivity contribution in [2.24, 2.45) is 0 Å². The van der Waals surface area contributed by atoms with E-state index in [1.54, 1.807) is 24.3 Å². The van der Waals surface area contributed by atoms with Crippen LogP contribution >= 0.6 is 22.6 Å². The molecule has 1 fully saturated rings. The molecule has 326 valence electrons. The Labute approximate surface area is 358 Å². The Morgan fingerprint density at radius 3 is 1.59 bits per heavy atom. The zero-order chi connectivity index (χ0) is 45.4. The van der Waals surface area contributed by atoms with Crippen LogP contribution in [0, 0.1) is 3.57 Å². The number of nitrogens with zero attached hydrogens (tertiary/aromatic N) is 5. The van der Waals surface area contributed by atoms with Crippen molar-refractivity contribution in [1.29, 1.82) is 0 Å². The Balaban J connectivity index is 1.72. The number of aliphatic carboxylic acids is 4. The number of amides is 7. The minimum atomic E-state index is -1.69. The third kappa shape index (κ3) is 15.6. The maximum Gasteiger partial charge on any atom is 0.363 e. The number of hydrogen-bond acceptors (Lipinski definition) is 13. The average Bonchev–Trinajstić information content (AvgIpc) is 3.50. The van der Waals surface area contributed by atoms with Crippen LogP contribution in [0.2, 0.25) is 0 Å². The van der Waals surface area contributed by atoms with Gasteiger partial charge < -0.3 is 50.2 Å². The third-order valence-corrected chi connectivity index (χ3v) is 9.05. The van der Waals surface area contributed by atoms with E-state index in [0.29, 0.717) is 20.3 Å². The number of hydroxylamine groups is 2. The minimum absolute atomic E-state index is 0.151. The fourth-order valence-electron chi connectivity index (χ4n) is 5.52. The van der Waals surface area contributed by atoms with Crippen molar-refractivity contribution >= 4 is 93.8 Å². The second-order valence-electron chi connectivity index (χ2n) is 13.1. The summed E-state index contributed by atoms with van der Waals surface area (Å²) in [5.41, 5.74) is -0.351. The van der Waals surface area contributed by atoms with Crippen LogP contribution in [0.25, 0.3) is 0 Å². The predicted octanol–water partition coefficient (Wildman–Crippen LogP) is -1.01. The van der Waals surface area contributed by atoms with Crippen LogP contribution in [0.5, 0.6) is 0 Å². The standard InChI is InChI=1S/C37H39IN6O17/c38-25-8-4-5-22(14-25)35(58)39-11-1-2-12-40(18-31(50)51)28(47)15-41(19-32(52)53)29(48)16-42(20-33(54)55)30(49)17-43(21-34(56)57)36(59)23-6-3-7-24(13-23)37(60)61-44-26(45)9-10-27(44)46/h3-8,13-14H,1-2,9-12,15-21H2,(H,39,58)(H,50,51)(H,52,53)(H,54,55)(H,56,57). The number of hydrogen-bond donors (Lipinski definition) is 5. The number of imide groups is 1. The van der Waals surface area contributed by atoms with Crippen molar-refractivity contribution in [2.45, 2.75) is 25.7 Å². The topological polar surface area (TPSA) is 323 Å². The average molecular weight is 967 g/mol. The van der Waals surface area contributed by atoms with Gasteiger partial charge in [-0.1, -0.05) is 12.1 Å². The third-order valence-electron chi connectivity index (χ3n) is 8.38. The summed E-state index contributed by atoms with van der Waals surface area (Å²) >= 11 is 2.04. The molecule has 0 unspecified atom stereocenters. The summed E-state index contributed by atoms with van der Waals surface area (Å²) in [4.78, 5) is 156. The van der Waals surface area contributed by atoms with Crippen molar-refractivity contribution < 1.29 is 82.8 Å². The van der Waals surface area contributed by atoms with Crippen molar-refractivity contribution in [1.82, 2.24) is 30.0 Å². The van der Waals surface area contributed by atoms with Gasteiger partial charge in [0.05, 0.1) is 5.56 Å². The number of unbranched alkanes of at least 4 members (excludes halogenated alkanes) is 1. The summed E-state index contributed by atoms with van der Waals surface area (Å²) in [6.07, 6.45) is 0.0498. The SMILES string of the molecule is O=C(O)CN(CCCCNC(=O)c1cccc(I)c1)C(=O)CN(CC(=O)O)C(=O)CN(CC(=O)O)C(=O)CN(CC(=O)O)C(=O)c1cccc(C(=O)ON2C(=O)CCC2=O)c1. The van der Waals surface area contributed by atoms with E-state index in [1.807, 2.05) is 22.6 Å². The molecule has 0 bridgehead atoms. The number of rotatable bonds is 23. The molecule has 0 aliphatic carbocycles. The molecule has 1 heterocycles. The zero-order valence-electron chi connectivity index (χ0n) is 32.0. The van der Waals surface area contributed by atoms with Gasteiger partial charge in [-0.05, 0) is 71.8 Å². The maximum absolute atomic E-state index is 13.5. The molecule has 2 aromatic carbocycles. The highest BCUT2D eigenvalue weighted by Crippen LogP contribution is 2.16. The van der Waals surface area contributed by atoms with Gasteiger partial charge in [-0.25, -0.2) is 4.79 Å². The molecule has 23 nitrogen and oxygen atoms in total. The Morgan fingerprint density at radius 2 is 1.05 bits per heavy atom. The molecule has 3 rings (SSSR count). The molecule has 1 saturated heterocycles. The summed E-state index contributed by atoms with van der Waals surface area (Å²) in [7, 11) is 0. The summed E-state index contributed by atoms with van der Waals surface area (Å²) < 4.78 is 0.834. The Hall–Kier alpha value is -6.99. The summed E-state index contributed by atoms with van der Waals surface area (Å²) in [6.45, 7) is -7.86. The smallest absolute Gasteiger partial charge is 0.363 e. The normalized spacial score (nSPS) is 11.9. The molecular formula is C37H39IN6O17. The summed E-state index contributed by atoms with van der Waals surface area (Å²) in [5.74, 6) is -14.4. The molecule has 2 aromatic rings. The van der Waals surface area contributed by atoms with E-state index in [-0.39, 0.29) is 55.3 Å². The van der Waals surface area contributed by atoms with Crippen molar-refractivity contribution in [3.63, 3.8) is 0 Å². The molecule has 1 aliphatic heterocycles. The molecule has 0 aromatic heterocycles. The van der Waals surface area contributed by atoms with Crippen molar-refractivity contribution in [3.8, 4) is 0 Å². The van der Waals surface area contributed by atoms with Crippen LogP contribution in [0.1, 0.15) is 56.8 Å². The highest BCUT2D eigenvalue weighted by atomic mass is 127. The van der Waals surface area contributed by atoms with Crippen LogP contribution in [0.15, 0.2) is 48.5 Å². The lowest BCUT2D eigenvalue weighted by atomic mass is 10.1. The van der Waals surface area contributed by atoms with E-state index in [4.69, 9.17) is 4.84 Å². The predicted molar refractivity (Wildman–Crippen MR) is 210 cm³/mol. The van der Waals surface area contributed by atoms with Crippen molar-refractivity contribution in [2.75, 3.05) is 58.9 Å². The first-order valence-corrected chi connectivity index (χ1v) is 19.0. The molecule has 0 saturated carbocycles. The van der Waals surface area contributed by atoms with E-state index in [9.17, 15) is 78.0 Å². The van der Waals surface area contributed by atoms with Gasteiger partial charge in [-0.15, -0.1) is 5.06 Å². The van der Waals surface area contributed by atoms with Gasteiger partial charge in [0.15, 0.2) is 0 Å². The van der Waals surface area contributed by atoms with Gasteiger partial charge in [0.1, 0.15) is 45.8 Å². The molecule has 5 N–H and O–H groups in total. The summed E-state index contributed by atoms with van der Waals surface area (Å²) in [5, 5.41) is 40.9. The largest absolute Gasteiger partial charge is 0.480 e. The number of carboxylic acid groups (broad SMARTS) is 4. The van der Waals surface area contributed by atoms with Crippen LogP contribution < -0.4 is 5.32 Å². The van der Waals surface area contributed by atoms with Crippen molar-refractivity contribution in [3.05, 3.63) is 68.8 Å². The Kier molecular flexibility index (Phi) is 18.2. The first-order chi connectivity index (χ1) is 28.7. The lowest BCUT2D eigenvalue weighted by Gasteiger charge is -2.29. The van der Waals surface area contributed by atoms with Gasteiger partial charge in [0.25, 0.3) is 23.6 Å². The fraction of sp³-hybridized carbons (Fsp3) is 0.351. The Bertz CT molecular complexity index is 2080. The highest BCUT2D eigenvalue weighted by molar-refractivity contribution is 14.1. The molecular weight excluding hydrogens is 927 g/mol. The fourth-order valence-corrected chi connectivity index (χ4v) is 6.06. The minimum Gasteiger partial charge on any atom is -0.480 e. The van der Waals surface area contributed by atoms with E-state index in [1.165, 1.54) is 0 Å². The molecule has 7 amide bonds. The van der Waals surface area contributed by atoms with Crippen LogP contribution in [0.3, 0.4) is 0 Å². The number of carbonyl (C=O) groups is 12. The van der Waals surface area contributed by atoms with E-state index >= 15 is 0 Å². The summed E-state index contributed by atoms with van der Waals surface area (Å²) in [6, 6.07) is 11.1. The van der Waals surface area contributed by atoms with Crippen LogP contribution in [0.4, 0.5) is 0 Å². The molecule has 24 heteroatoms. The first kappa shape index (κ1) is 48.4. The molecule has 0 spiro atoms. The molecule has 61 heavy (non-hydrogen) atoms. The quantitative estimate of drug-likeness (QED) is 0.0506. The second kappa shape index (κ2) is 23.0. The van der Waals surface area contributed by atoms with E-state index in [0.717, 1.165) is 32.7 Å². The lowest BCUT2D eigenvalue weighted by molar-refractivity contribution is -0.172. The number of carbonyl (C=O) groups excluding carboxylic acids is 8. The number of nitrogens with one attached hydrogen (secondary N) is 1.